The van der Waals surface area contributed by atoms with E-state index in [0.717, 1.165) is 16.9 Å². The van der Waals surface area contributed by atoms with Gasteiger partial charge in [-0.2, -0.15) is 0 Å². The molecule has 0 saturated carbocycles. The summed E-state index contributed by atoms with van der Waals surface area (Å²) >= 11 is 4.95. The van der Waals surface area contributed by atoms with E-state index < -0.39 is 0 Å². The summed E-state index contributed by atoms with van der Waals surface area (Å²) in [6.45, 7) is 5.83. The number of rotatable bonds is 8. The Morgan fingerprint density at radius 3 is 2.92 bits per heavy atom. The molecule has 1 aromatic carbocycles. The number of thioether (sulfide) groups is 2. The molecule has 0 fully saturated rings. The van der Waals surface area contributed by atoms with Crippen LogP contribution < -0.4 is 4.31 Å². The van der Waals surface area contributed by atoms with Crippen LogP contribution in [-0.4, -0.2) is 24.5 Å². The number of benzene rings is 1. The maximum atomic E-state index is 4.29. The van der Waals surface area contributed by atoms with Gasteiger partial charge in [-0.25, -0.2) is 0 Å². The standard InChI is InChI=1S/C18H21N3S3/c1-5-17(23-6-2)24-21(3)16-9-7-8-14-12-15(20-18(14)16)13-19-10-11-22-4/h5-13,20H,2H2,1,3-4H3/b11-10-,17-5+,19-13?. The highest BCUT2D eigenvalue weighted by molar-refractivity contribution is 8.24. The van der Waals surface area contributed by atoms with Crippen molar-refractivity contribution in [1.82, 2.24) is 4.98 Å². The monoisotopic (exact) mass is 375 g/mol. The van der Waals surface area contributed by atoms with Crippen molar-refractivity contribution in [3.05, 3.63) is 63.9 Å². The molecule has 24 heavy (non-hydrogen) atoms. The number of aromatic nitrogens is 1. The summed E-state index contributed by atoms with van der Waals surface area (Å²) in [5, 5.41) is 4.97. The Kier molecular flexibility index (Phi) is 7.62. The summed E-state index contributed by atoms with van der Waals surface area (Å²) in [4.78, 5) is 7.74. The van der Waals surface area contributed by atoms with Crippen molar-refractivity contribution in [2.24, 2.45) is 4.99 Å². The second-order valence-corrected chi connectivity index (χ2v) is 7.93. The highest BCUT2D eigenvalue weighted by Crippen LogP contribution is 2.36. The zero-order valence-electron chi connectivity index (χ0n) is 14.0. The molecule has 0 radical (unpaired) electrons. The van der Waals surface area contributed by atoms with E-state index in [1.807, 2.05) is 30.2 Å². The zero-order valence-corrected chi connectivity index (χ0v) is 16.5. The van der Waals surface area contributed by atoms with Crippen molar-refractivity contribution in [1.29, 1.82) is 0 Å². The largest absolute Gasteiger partial charge is 0.352 e. The average molecular weight is 376 g/mol. The van der Waals surface area contributed by atoms with E-state index in [1.54, 1.807) is 41.7 Å². The van der Waals surface area contributed by atoms with E-state index in [9.17, 15) is 0 Å². The molecular formula is C18H21N3S3. The van der Waals surface area contributed by atoms with Gasteiger partial charge in [-0.1, -0.05) is 36.5 Å². The quantitative estimate of drug-likeness (QED) is 0.437. The molecule has 1 aromatic heterocycles. The average Bonchev–Trinajstić information content (AvgIpc) is 3.01. The zero-order chi connectivity index (χ0) is 17.4. The molecule has 1 N–H and O–H groups in total. The molecule has 0 saturated heterocycles. The molecule has 0 aliphatic heterocycles. The lowest BCUT2D eigenvalue weighted by molar-refractivity contribution is 1.35. The Bertz CT molecular complexity index is 775. The molecule has 126 valence electrons. The molecular weight excluding hydrogens is 354 g/mol. The van der Waals surface area contributed by atoms with Crippen LogP contribution in [0.15, 0.2) is 63.2 Å². The Morgan fingerprint density at radius 2 is 2.21 bits per heavy atom. The van der Waals surface area contributed by atoms with Crippen molar-refractivity contribution >= 4 is 58.3 Å². The molecule has 2 rings (SSSR count). The van der Waals surface area contributed by atoms with Crippen LogP contribution in [0.25, 0.3) is 10.9 Å². The smallest absolute Gasteiger partial charge is 0.0711 e. The normalized spacial score (nSPS) is 12.5. The summed E-state index contributed by atoms with van der Waals surface area (Å²) < 4.78 is 3.36. The van der Waals surface area contributed by atoms with Crippen LogP contribution in [0.4, 0.5) is 5.69 Å². The first-order valence-corrected chi connectivity index (χ1v) is 10.3. The molecule has 0 aliphatic carbocycles. The summed E-state index contributed by atoms with van der Waals surface area (Å²) in [5.74, 6) is 0. The fraction of sp³-hybridized carbons (Fsp3) is 0.167. The van der Waals surface area contributed by atoms with E-state index in [1.165, 1.54) is 9.62 Å². The van der Waals surface area contributed by atoms with Crippen LogP contribution in [0.1, 0.15) is 12.6 Å². The van der Waals surface area contributed by atoms with Gasteiger partial charge in [0.05, 0.1) is 27.3 Å². The van der Waals surface area contributed by atoms with E-state index in [2.05, 4.69) is 58.2 Å². The van der Waals surface area contributed by atoms with Gasteiger partial charge < -0.3 is 9.29 Å². The van der Waals surface area contributed by atoms with Gasteiger partial charge in [-0.15, -0.1) is 11.8 Å². The number of fused-ring (bicyclic) bond motifs is 1. The van der Waals surface area contributed by atoms with Crippen LogP contribution in [0, 0.1) is 0 Å². The fourth-order valence-corrected chi connectivity index (χ4v) is 3.95. The van der Waals surface area contributed by atoms with Gasteiger partial charge in [0, 0.05) is 18.6 Å². The minimum Gasteiger partial charge on any atom is -0.352 e. The molecule has 0 spiro atoms. The van der Waals surface area contributed by atoms with Gasteiger partial charge in [-0.3, -0.25) is 4.99 Å². The van der Waals surface area contributed by atoms with Crippen LogP contribution in [0.3, 0.4) is 0 Å². The van der Waals surface area contributed by atoms with E-state index in [4.69, 9.17) is 0 Å². The summed E-state index contributed by atoms with van der Waals surface area (Å²) in [5.41, 5.74) is 3.25. The second kappa shape index (κ2) is 9.71. The lowest BCUT2D eigenvalue weighted by atomic mass is 10.2. The Morgan fingerprint density at radius 1 is 1.38 bits per heavy atom. The lowest BCUT2D eigenvalue weighted by Gasteiger charge is -2.19. The molecule has 2 aromatic rings. The van der Waals surface area contributed by atoms with Gasteiger partial charge in [-0.05, 0) is 48.1 Å². The third-order valence-electron chi connectivity index (χ3n) is 3.15. The third kappa shape index (κ3) is 5.00. The number of nitrogens with one attached hydrogen (secondary N) is 1. The molecule has 1 heterocycles. The predicted molar refractivity (Wildman–Crippen MR) is 116 cm³/mol. The van der Waals surface area contributed by atoms with Crippen LogP contribution >= 0.6 is 35.5 Å². The van der Waals surface area contributed by atoms with Gasteiger partial charge in [0.25, 0.3) is 0 Å². The molecule has 0 aliphatic rings. The SMILES string of the molecule is C=CS/C(=C\C)SN(C)c1cccc2cc(C=N/C=C\SC)[nH]c12. The first-order chi connectivity index (χ1) is 11.7. The highest BCUT2D eigenvalue weighted by atomic mass is 32.2. The van der Waals surface area contributed by atoms with Gasteiger partial charge in [0.1, 0.15) is 0 Å². The molecule has 0 unspecified atom stereocenters. The predicted octanol–water partition coefficient (Wildman–Crippen LogP) is 6.24. The van der Waals surface area contributed by atoms with E-state index >= 15 is 0 Å². The van der Waals surface area contributed by atoms with Crippen molar-refractivity contribution < 1.29 is 0 Å². The maximum absolute atomic E-state index is 4.29. The maximum Gasteiger partial charge on any atom is 0.0711 e. The van der Waals surface area contributed by atoms with Crippen LogP contribution in [-0.2, 0) is 0 Å². The number of para-hydroxylation sites is 1. The highest BCUT2D eigenvalue weighted by Gasteiger charge is 2.10. The molecule has 0 amide bonds. The number of aromatic amines is 1. The Balaban J connectivity index is 2.27. The third-order valence-corrected chi connectivity index (χ3v) is 5.58. The molecule has 0 bridgehead atoms. The summed E-state index contributed by atoms with van der Waals surface area (Å²) in [6, 6.07) is 8.42. The molecule has 3 nitrogen and oxygen atoms in total. The van der Waals surface area contributed by atoms with Crippen LogP contribution in [0.2, 0.25) is 0 Å². The van der Waals surface area contributed by atoms with Gasteiger partial charge >= 0.3 is 0 Å². The molecule has 6 heteroatoms. The number of anilines is 1. The van der Waals surface area contributed by atoms with Crippen molar-refractivity contribution in [3.8, 4) is 0 Å². The number of hydrogen-bond acceptors (Lipinski definition) is 5. The Hall–Kier alpha value is -1.50. The van der Waals surface area contributed by atoms with E-state index in [-0.39, 0.29) is 0 Å². The number of H-pyrrole nitrogens is 1. The number of allylic oxidation sites excluding steroid dienone is 1. The van der Waals surface area contributed by atoms with Crippen LogP contribution in [0.5, 0.6) is 0 Å². The fourth-order valence-electron chi connectivity index (χ4n) is 2.12. The summed E-state index contributed by atoms with van der Waals surface area (Å²) in [7, 11) is 2.07. The van der Waals surface area contributed by atoms with E-state index in [0.29, 0.717) is 0 Å². The first kappa shape index (κ1) is 18.8. The first-order valence-electron chi connectivity index (χ1n) is 7.38. The van der Waals surface area contributed by atoms with Crippen molar-refractivity contribution in [2.75, 3.05) is 17.6 Å². The second-order valence-electron chi connectivity index (χ2n) is 4.75. The number of nitrogens with zero attached hydrogens (tertiary/aromatic N) is 2. The molecule has 0 atom stereocenters. The topological polar surface area (TPSA) is 31.4 Å². The minimum absolute atomic E-state index is 0.994. The number of hydrogen-bond donors (Lipinski definition) is 1. The number of aliphatic imine (C=N–C) groups is 1. The minimum atomic E-state index is 0.994. The summed E-state index contributed by atoms with van der Waals surface area (Å²) in [6.07, 6.45) is 7.75. The van der Waals surface area contributed by atoms with Crippen molar-refractivity contribution in [3.63, 3.8) is 0 Å². The Labute approximate surface area is 156 Å². The van der Waals surface area contributed by atoms with Crippen molar-refractivity contribution in [2.45, 2.75) is 6.92 Å². The van der Waals surface area contributed by atoms with Gasteiger partial charge in [0.2, 0.25) is 0 Å². The van der Waals surface area contributed by atoms with Gasteiger partial charge in [0.15, 0.2) is 0 Å². The lowest BCUT2D eigenvalue weighted by Crippen LogP contribution is -2.06.